The lowest BCUT2D eigenvalue weighted by atomic mass is 10.0. The number of rotatable bonds is 3. The van der Waals surface area contributed by atoms with Crippen molar-refractivity contribution in [1.29, 1.82) is 0 Å². The van der Waals surface area contributed by atoms with Crippen LogP contribution in [0.15, 0.2) is 66.9 Å². The van der Waals surface area contributed by atoms with E-state index in [1.807, 2.05) is 85.4 Å². The summed E-state index contributed by atoms with van der Waals surface area (Å²) in [6.45, 7) is 1.86. The number of hydrogen-bond acceptors (Lipinski definition) is 2. The number of benzene rings is 2. The maximum absolute atomic E-state index is 12.3. The van der Waals surface area contributed by atoms with Crippen LogP contribution in [0.1, 0.15) is 18.4 Å². The molecule has 0 fully saturated rings. The lowest BCUT2D eigenvalue weighted by Crippen LogP contribution is -2.27. The molecular weight excluding hydrogens is 274 g/mol. The number of pyridine rings is 1. The van der Waals surface area contributed by atoms with Crippen LogP contribution in [0, 0.1) is 0 Å². The Morgan fingerprint density at radius 1 is 1.05 bits per heavy atom. The van der Waals surface area contributed by atoms with Crippen LogP contribution >= 0.6 is 0 Å². The second-order valence-corrected chi connectivity index (χ2v) is 5.39. The van der Waals surface area contributed by atoms with E-state index in [1.165, 1.54) is 0 Å². The first-order chi connectivity index (χ1) is 10.6. The first-order valence-electron chi connectivity index (χ1n) is 7.30. The minimum atomic E-state index is -0.290. The third-order valence-corrected chi connectivity index (χ3v) is 3.84. The molecule has 1 atom stereocenters. The van der Waals surface area contributed by atoms with Gasteiger partial charge in [0.05, 0.1) is 12.0 Å². The standard InChI is InChI=1S/C19H18NO2/c1-14(15-7-4-3-5-8-15)19(21)22-17-11-10-16-9-6-12-20(2)18(16)13-17/h3-14H,1-2H3/q+1/t14-/m0/s1. The van der Waals surface area contributed by atoms with Crippen LogP contribution in [0.5, 0.6) is 5.75 Å². The highest BCUT2D eigenvalue weighted by Crippen LogP contribution is 2.21. The zero-order valence-electron chi connectivity index (χ0n) is 12.7. The summed E-state index contributed by atoms with van der Waals surface area (Å²) in [4.78, 5) is 12.3. The van der Waals surface area contributed by atoms with Crippen LogP contribution in [0.4, 0.5) is 0 Å². The monoisotopic (exact) mass is 292 g/mol. The summed E-state index contributed by atoms with van der Waals surface area (Å²) in [6, 6.07) is 19.4. The molecule has 1 heterocycles. The van der Waals surface area contributed by atoms with Crippen molar-refractivity contribution in [3.8, 4) is 5.75 Å². The molecule has 0 aliphatic heterocycles. The Morgan fingerprint density at radius 3 is 2.59 bits per heavy atom. The van der Waals surface area contributed by atoms with Crippen LogP contribution in [0.25, 0.3) is 10.9 Å². The lowest BCUT2D eigenvalue weighted by Gasteiger charge is -2.11. The van der Waals surface area contributed by atoms with Crippen molar-refractivity contribution in [2.75, 3.05) is 0 Å². The maximum Gasteiger partial charge on any atom is 0.318 e. The van der Waals surface area contributed by atoms with Crippen molar-refractivity contribution in [2.24, 2.45) is 7.05 Å². The van der Waals surface area contributed by atoms with E-state index in [0.717, 1.165) is 16.5 Å². The molecule has 0 spiro atoms. The molecule has 3 heteroatoms. The van der Waals surface area contributed by atoms with Crippen LogP contribution in [-0.2, 0) is 11.8 Å². The maximum atomic E-state index is 12.3. The van der Waals surface area contributed by atoms with E-state index in [1.54, 1.807) is 0 Å². The fourth-order valence-electron chi connectivity index (χ4n) is 2.47. The van der Waals surface area contributed by atoms with Gasteiger partial charge < -0.3 is 4.74 Å². The van der Waals surface area contributed by atoms with Crippen LogP contribution < -0.4 is 9.30 Å². The average Bonchev–Trinajstić information content (AvgIpc) is 2.55. The zero-order chi connectivity index (χ0) is 15.5. The number of fused-ring (bicyclic) bond motifs is 1. The molecule has 0 N–H and O–H groups in total. The smallest absolute Gasteiger partial charge is 0.318 e. The molecule has 0 unspecified atom stereocenters. The van der Waals surface area contributed by atoms with Gasteiger partial charge >= 0.3 is 5.97 Å². The lowest BCUT2D eigenvalue weighted by molar-refractivity contribution is -0.644. The molecule has 3 nitrogen and oxygen atoms in total. The highest BCUT2D eigenvalue weighted by molar-refractivity contribution is 5.82. The summed E-state index contributed by atoms with van der Waals surface area (Å²) >= 11 is 0. The Morgan fingerprint density at radius 2 is 1.82 bits per heavy atom. The van der Waals surface area contributed by atoms with Crippen molar-refractivity contribution < 1.29 is 14.1 Å². The van der Waals surface area contributed by atoms with E-state index in [4.69, 9.17) is 4.74 Å². The minimum absolute atomic E-state index is 0.246. The molecule has 0 saturated heterocycles. The zero-order valence-corrected chi connectivity index (χ0v) is 12.7. The van der Waals surface area contributed by atoms with E-state index in [-0.39, 0.29) is 11.9 Å². The molecule has 0 aliphatic carbocycles. The number of carbonyl (C=O) groups excluding carboxylic acids is 1. The van der Waals surface area contributed by atoms with Gasteiger partial charge in [0.15, 0.2) is 6.20 Å². The van der Waals surface area contributed by atoms with Gasteiger partial charge in [-0.3, -0.25) is 4.79 Å². The van der Waals surface area contributed by atoms with E-state index in [2.05, 4.69) is 0 Å². The van der Waals surface area contributed by atoms with Gasteiger partial charge in [-0.25, -0.2) is 4.57 Å². The second-order valence-electron chi connectivity index (χ2n) is 5.39. The normalized spacial score (nSPS) is 12.1. The number of carbonyl (C=O) groups is 1. The Hall–Kier alpha value is -2.68. The molecule has 110 valence electrons. The topological polar surface area (TPSA) is 30.2 Å². The van der Waals surface area contributed by atoms with Crippen LogP contribution in [-0.4, -0.2) is 5.97 Å². The number of esters is 1. The molecule has 22 heavy (non-hydrogen) atoms. The van der Waals surface area contributed by atoms with Gasteiger partial charge in [-0.1, -0.05) is 30.3 Å². The van der Waals surface area contributed by atoms with Gasteiger partial charge in [0.25, 0.3) is 0 Å². The highest BCUT2D eigenvalue weighted by atomic mass is 16.5. The Kier molecular flexibility index (Phi) is 3.88. The molecule has 0 bridgehead atoms. The summed E-state index contributed by atoms with van der Waals surface area (Å²) in [5.41, 5.74) is 1.99. The van der Waals surface area contributed by atoms with E-state index in [0.29, 0.717) is 5.75 Å². The van der Waals surface area contributed by atoms with E-state index in [9.17, 15) is 4.79 Å². The van der Waals surface area contributed by atoms with E-state index < -0.39 is 0 Å². The largest absolute Gasteiger partial charge is 0.426 e. The van der Waals surface area contributed by atoms with Crippen LogP contribution in [0.2, 0.25) is 0 Å². The molecule has 3 rings (SSSR count). The third kappa shape index (κ3) is 2.84. The molecule has 3 aromatic rings. The van der Waals surface area contributed by atoms with Gasteiger partial charge in [0.1, 0.15) is 12.8 Å². The molecule has 1 aromatic heterocycles. The Labute approximate surface area is 129 Å². The molecule has 0 radical (unpaired) electrons. The molecule has 2 aromatic carbocycles. The number of hydrogen-bond donors (Lipinski definition) is 0. The number of aryl methyl sites for hydroxylation is 1. The Balaban J connectivity index is 1.84. The van der Waals surface area contributed by atoms with Crippen molar-refractivity contribution >= 4 is 16.9 Å². The SMILES string of the molecule is C[C@H](C(=O)Oc1ccc2ccc[n+](C)c2c1)c1ccccc1. The van der Waals surface area contributed by atoms with Gasteiger partial charge in [0.2, 0.25) is 5.52 Å². The quantitative estimate of drug-likeness (QED) is 0.421. The second kappa shape index (κ2) is 5.98. The van der Waals surface area contributed by atoms with Gasteiger partial charge in [0, 0.05) is 11.5 Å². The number of ether oxygens (including phenoxy) is 1. The predicted octanol–water partition coefficient (Wildman–Crippen LogP) is 3.37. The first kappa shape index (κ1) is 14.3. The minimum Gasteiger partial charge on any atom is -0.426 e. The Bertz CT molecular complexity index is 812. The van der Waals surface area contributed by atoms with Gasteiger partial charge in [-0.05, 0) is 30.7 Å². The van der Waals surface area contributed by atoms with Gasteiger partial charge in [-0.2, -0.15) is 0 Å². The number of nitrogens with zero attached hydrogens (tertiary/aromatic N) is 1. The summed E-state index contributed by atoms with van der Waals surface area (Å²) in [5, 5.41) is 1.11. The molecular formula is C19H18NO2+. The predicted molar refractivity (Wildman–Crippen MR) is 85.6 cm³/mol. The average molecular weight is 292 g/mol. The van der Waals surface area contributed by atoms with Crippen molar-refractivity contribution in [3.05, 3.63) is 72.4 Å². The van der Waals surface area contributed by atoms with Crippen LogP contribution in [0.3, 0.4) is 0 Å². The summed E-state index contributed by atoms with van der Waals surface area (Å²) < 4.78 is 7.55. The highest BCUT2D eigenvalue weighted by Gasteiger charge is 2.18. The fourth-order valence-corrected chi connectivity index (χ4v) is 2.47. The third-order valence-electron chi connectivity index (χ3n) is 3.84. The molecule has 0 saturated carbocycles. The van der Waals surface area contributed by atoms with Crippen molar-refractivity contribution in [2.45, 2.75) is 12.8 Å². The first-order valence-corrected chi connectivity index (χ1v) is 7.30. The van der Waals surface area contributed by atoms with E-state index >= 15 is 0 Å². The summed E-state index contributed by atoms with van der Waals surface area (Å²) in [6.07, 6.45) is 1.97. The number of aromatic nitrogens is 1. The molecule has 0 aliphatic rings. The molecule has 0 amide bonds. The summed E-state index contributed by atoms with van der Waals surface area (Å²) in [5.74, 6) is 0.0348. The van der Waals surface area contributed by atoms with Gasteiger partial charge in [-0.15, -0.1) is 0 Å². The van der Waals surface area contributed by atoms with Crippen molar-refractivity contribution in [3.63, 3.8) is 0 Å². The van der Waals surface area contributed by atoms with Crippen molar-refractivity contribution in [1.82, 2.24) is 0 Å². The fraction of sp³-hybridized carbons (Fsp3) is 0.158. The summed E-state index contributed by atoms with van der Waals surface area (Å²) in [7, 11) is 1.97.